The molecule has 0 aliphatic rings. The Bertz CT molecular complexity index is 403. The van der Waals surface area contributed by atoms with E-state index in [0.29, 0.717) is 0 Å². The molecule has 0 unspecified atom stereocenters. The van der Waals surface area contributed by atoms with Gasteiger partial charge in [0, 0.05) is 6.08 Å². The van der Waals surface area contributed by atoms with Crippen LogP contribution >= 0.6 is 11.6 Å². The summed E-state index contributed by atoms with van der Waals surface area (Å²) < 4.78 is 35.9. The third kappa shape index (κ3) is 11.5. The normalized spacial score (nSPS) is 11.4. The highest BCUT2D eigenvalue weighted by atomic mass is 35.7. The van der Waals surface area contributed by atoms with E-state index in [1.54, 1.807) is 0 Å². The highest BCUT2D eigenvalue weighted by Gasteiger charge is 1.94. The lowest BCUT2D eigenvalue weighted by molar-refractivity contribution is -2.00. The van der Waals surface area contributed by atoms with Crippen LogP contribution in [-0.2, 0) is 0 Å². The minimum atomic E-state index is -4.94. The second kappa shape index (κ2) is 8.20. The van der Waals surface area contributed by atoms with Crippen LogP contribution in [-0.4, -0.2) is 24.9 Å². The quantitative estimate of drug-likeness (QED) is 0.459. The number of rotatable bonds is 2. The van der Waals surface area contributed by atoms with Gasteiger partial charge in [0.05, 0.1) is 5.03 Å². The molecule has 5 nitrogen and oxygen atoms in total. The van der Waals surface area contributed by atoms with Gasteiger partial charge in [0.2, 0.25) is 0 Å². The molecule has 0 heterocycles. The lowest BCUT2D eigenvalue weighted by Gasteiger charge is -2.17. The van der Waals surface area contributed by atoms with Gasteiger partial charge in [-0.25, -0.2) is 23.2 Å². The Morgan fingerprint density at radius 3 is 1.94 bits per heavy atom. The van der Waals surface area contributed by atoms with Gasteiger partial charge >= 0.3 is 0 Å². The Morgan fingerprint density at radius 2 is 1.56 bits per heavy atom. The summed E-state index contributed by atoms with van der Waals surface area (Å²) in [5.41, 5.74) is 1.04. The predicted octanol–water partition coefficient (Wildman–Crippen LogP) is -2.15. The third-order valence-electron chi connectivity index (χ3n) is 1.57. The molecule has 0 N–H and O–H groups in total. The van der Waals surface area contributed by atoms with Crippen LogP contribution in [0, 0.1) is 10.2 Å². The zero-order chi connectivity index (χ0) is 14.2. The highest BCUT2D eigenvalue weighted by Crippen LogP contribution is 2.16. The van der Waals surface area contributed by atoms with Crippen molar-refractivity contribution in [3.63, 3.8) is 0 Å². The Morgan fingerprint density at radius 1 is 1.11 bits per heavy atom. The second-order valence-electron chi connectivity index (χ2n) is 3.37. The molecule has 0 aliphatic heterocycles. The van der Waals surface area contributed by atoms with Crippen molar-refractivity contribution < 1.29 is 33.5 Å². The van der Waals surface area contributed by atoms with Gasteiger partial charge in [-0.15, -0.1) is 10.2 Å². The molecular weight excluding hydrogens is 281 g/mol. The van der Waals surface area contributed by atoms with Gasteiger partial charge in [-0.2, -0.15) is 0 Å². The van der Waals surface area contributed by atoms with Crippen molar-refractivity contribution in [2.75, 3.05) is 14.1 Å². The maximum Gasteiger partial charge on any atom is 0.164 e. The fourth-order valence-electron chi connectivity index (χ4n) is 0.908. The first-order chi connectivity index (χ1) is 8.20. The number of benzene rings is 1. The van der Waals surface area contributed by atoms with E-state index in [2.05, 4.69) is 0 Å². The van der Waals surface area contributed by atoms with E-state index in [-0.39, 0.29) is 0 Å². The van der Waals surface area contributed by atoms with E-state index in [9.17, 15) is 0 Å². The smallest absolute Gasteiger partial charge is 0.164 e. The topological polar surface area (TPSA) is 95.2 Å². The highest BCUT2D eigenvalue weighted by molar-refractivity contribution is 6.49. The van der Waals surface area contributed by atoms with Crippen LogP contribution in [0.4, 0.5) is 0 Å². The van der Waals surface area contributed by atoms with Crippen LogP contribution < -0.4 is 18.6 Å². The number of nitrogens with zero attached hydrogens (tertiary/aromatic N) is 1. The molecule has 18 heavy (non-hydrogen) atoms. The number of halogens is 2. The lowest BCUT2D eigenvalue weighted by atomic mass is 10.2. The summed E-state index contributed by atoms with van der Waals surface area (Å²) in [7, 11) is -1.02. The Kier molecular flexibility index (Phi) is 7.77. The van der Waals surface area contributed by atoms with Crippen LogP contribution in [0.1, 0.15) is 5.56 Å². The van der Waals surface area contributed by atoms with Gasteiger partial charge in [-0.05, 0) is 5.56 Å². The van der Waals surface area contributed by atoms with Crippen LogP contribution in [0.25, 0.3) is 5.03 Å². The molecule has 0 amide bonds. The van der Waals surface area contributed by atoms with Gasteiger partial charge in [0.1, 0.15) is 14.1 Å². The minimum absolute atomic E-state index is 0.759. The fourth-order valence-corrected chi connectivity index (χ4v) is 1.09. The fraction of sp³-hybridized carbons (Fsp3) is 0.182. The predicted molar refractivity (Wildman–Crippen MR) is 58.4 cm³/mol. The van der Waals surface area contributed by atoms with Crippen molar-refractivity contribution in [1.82, 2.24) is 0 Å². The molecule has 1 aromatic carbocycles. The molecule has 0 spiro atoms. The van der Waals surface area contributed by atoms with Crippen molar-refractivity contribution in [1.29, 1.82) is 0 Å². The van der Waals surface area contributed by atoms with E-state index < -0.39 is 10.2 Å². The maximum absolute atomic E-state index is 8.49. The van der Waals surface area contributed by atoms with Crippen molar-refractivity contribution >= 4 is 22.8 Å². The lowest BCUT2D eigenvalue weighted by Crippen LogP contribution is -2.68. The Hall–Kier alpha value is -0.950. The van der Waals surface area contributed by atoms with E-state index in [1.165, 1.54) is 0 Å². The summed E-state index contributed by atoms with van der Waals surface area (Å²) in [4.78, 5) is 0. The van der Waals surface area contributed by atoms with Gasteiger partial charge in [-0.3, -0.25) is 0 Å². The molecule has 0 radical (unpaired) electrons. The van der Waals surface area contributed by atoms with Gasteiger partial charge in [0.15, 0.2) is 6.21 Å². The molecule has 0 atom stereocenters. The number of allylic oxidation sites excluding steroid dienone is 1. The van der Waals surface area contributed by atoms with Crippen LogP contribution in [0.5, 0.6) is 0 Å². The molecule has 1 aromatic rings. The zero-order valence-corrected chi connectivity index (χ0v) is 11.4. The van der Waals surface area contributed by atoms with E-state index in [0.717, 1.165) is 10.6 Å². The van der Waals surface area contributed by atoms with Crippen molar-refractivity contribution in [2.24, 2.45) is 0 Å². The molecule has 0 bridgehead atoms. The van der Waals surface area contributed by atoms with Crippen LogP contribution in [0.2, 0.25) is 0 Å². The van der Waals surface area contributed by atoms with Crippen molar-refractivity contribution in [2.45, 2.75) is 0 Å². The van der Waals surface area contributed by atoms with Gasteiger partial charge in [-0.1, -0.05) is 41.9 Å². The van der Waals surface area contributed by atoms with Gasteiger partial charge in [0.25, 0.3) is 0 Å². The largest absolute Gasteiger partial charge is 0.241 e. The standard InChI is InChI=1S/C11H13ClN.ClHO4/c1-13(2)9-8-11(12)10-6-4-3-5-7-10;2-1(3,4)5/h3-9H,1-2H3;(H,2,3,4,5)/q+1;/p-1/b11-8-;. The summed E-state index contributed by atoms with van der Waals surface area (Å²) in [6.45, 7) is 0. The summed E-state index contributed by atoms with van der Waals surface area (Å²) in [6, 6.07) is 9.90. The molecule has 0 fully saturated rings. The van der Waals surface area contributed by atoms with Crippen LogP contribution in [0.3, 0.4) is 0 Å². The van der Waals surface area contributed by atoms with Crippen molar-refractivity contribution in [3.8, 4) is 0 Å². The second-order valence-corrected chi connectivity index (χ2v) is 4.53. The third-order valence-corrected chi connectivity index (χ3v) is 1.91. The molecule has 0 aromatic heterocycles. The summed E-state index contributed by atoms with van der Waals surface area (Å²) in [5, 5.41) is 0.759. The maximum atomic E-state index is 8.49. The Balaban J connectivity index is 0.000000494. The summed E-state index contributed by atoms with van der Waals surface area (Å²) >= 11 is 6.05. The van der Waals surface area contributed by atoms with E-state index >= 15 is 0 Å². The molecule has 1 rings (SSSR count). The van der Waals surface area contributed by atoms with E-state index in [1.807, 2.05) is 61.3 Å². The molecule has 100 valence electrons. The average molecular weight is 294 g/mol. The first-order valence-corrected chi connectivity index (χ1v) is 6.35. The Labute approximate surface area is 113 Å². The SMILES string of the molecule is C[N+](C)=C/C=C(\Cl)c1ccccc1.[O-][Cl+3]([O-])([O-])[O-]. The monoisotopic (exact) mass is 293 g/mol. The number of hydrogen-bond acceptors (Lipinski definition) is 4. The van der Waals surface area contributed by atoms with Gasteiger partial charge < -0.3 is 0 Å². The molecule has 0 aliphatic carbocycles. The van der Waals surface area contributed by atoms with E-state index in [4.69, 9.17) is 30.2 Å². The molecular formula is C11H13Cl2NO4. The summed E-state index contributed by atoms with van der Waals surface area (Å²) in [5.74, 6) is 0. The van der Waals surface area contributed by atoms with Crippen molar-refractivity contribution in [3.05, 3.63) is 42.0 Å². The zero-order valence-electron chi connectivity index (χ0n) is 9.88. The van der Waals surface area contributed by atoms with Crippen LogP contribution in [0.15, 0.2) is 36.4 Å². The number of hydrogen-bond donors (Lipinski definition) is 0. The summed E-state index contributed by atoms with van der Waals surface area (Å²) in [6.07, 6.45) is 3.81. The molecule has 0 saturated heterocycles. The first kappa shape index (κ1) is 17.1. The molecule has 0 saturated carbocycles. The molecule has 7 heteroatoms. The average Bonchev–Trinajstić information content (AvgIpc) is 2.25. The first-order valence-electron chi connectivity index (χ1n) is 4.74. The minimum Gasteiger partial charge on any atom is -0.241 e.